The van der Waals surface area contributed by atoms with Crippen LogP contribution in [-0.4, -0.2) is 26.3 Å². The Bertz CT molecular complexity index is 1450. The first-order valence-corrected chi connectivity index (χ1v) is 10.1. The molecule has 2 aromatic carbocycles. The lowest BCUT2D eigenvalue weighted by atomic mass is 10.1. The number of carbonyl (C=O) groups excluding carboxylic acids is 1. The number of anilines is 1. The number of carbonyl (C=O) groups is 1. The van der Waals surface area contributed by atoms with E-state index in [-0.39, 0.29) is 16.8 Å². The maximum Gasteiger partial charge on any atom is 0.335 e. The van der Waals surface area contributed by atoms with Gasteiger partial charge in [-0.3, -0.25) is 14.6 Å². The number of hydrazone groups is 1. The molecule has 0 atom stereocenters. The molecule has 8 nitrogen and oxygen atoms in total. The maximum atomic E-state index is 13.1. The fourth-order valence-corrected chi connectivity index (χ4v) is 3.74. The lowest BCUT2D eigenvalue weighted by Crippen LogP contribution is -2.30. The van der Waals surface area contributed by atoms with E-state index in [4.69, 9.17) is 11.6 Å². The molecule has 4 rings (SSSR count). The second-order valence-electron chi connectivity index (χ2n) is 7.46. The summed E-state index contributed by atoms with van der Waals surface area (Å²) in [5, 5.41) is 16.7. The molecule has 1 amide bonds. The summed E-state index contributed by atoms with van der Waals surface area (Å²) >= 11 is 6.00. The van der Waals surface area contributed by atoms with Gasteiger partial charge >= 0.3 is 5.69 Å². The van der Waals surface area contributed by atoms with Crippen molar-refractivity contribution in [3.63, 3.8) is 0 Å². The Balaban J connectivity index is 1.83. The molecule has 2 N–H and O–H groups in total. The zero-order valence-corrected chi connectivity index (χ0v) is 18.3. The van der Waals surface area contributed by atoms with E-state index in [0.29, 0.717) is 16.4 Å². The van der Waals surface area contributed by atoms with Crippen LogP contribution >= 0.6 is 11.6 Å². The standard InChI is InChI=1S/C23H19ClN4O4/c1-12-7-8-19(13(2)9-12)28-22(31)17(14(3)26-28)11-18-20(29)25-23(32)27(21(18)30)16-6-4-5-15(24)10-16/h4-11,30H,1-3H3,(H,25,29,32)/b17-11+. The summed E-state index contributed by atoms with van der Waals surface area (Å²) in [6, 6.07) is 11.8. The molecule has 3 aromatic rings. The summed E-state index contributed by atoms with van der Waals surface area (Å²) in [5.74, 6) is -1.06. The van der Waals surface area contributed by atoms with Gasteiger partial charge in [-0.15, -0.1) is 0 Å². The van der Waals surface area contributed by atoms with Crippen molar-refractivity contribution in [3.8, 4) is 11.6 Å². The second kappa shape index (κ2) is 7.97. The van der Waals surface area contributed by atoms with E-state index in [9.17, 15) is 19.5 Å². The molecule has 32 heavy (non-hydrogen) atoms. The Kier molecular flexibility index (Phi) is 5.31. The molecule has 0 spiro atoms. The van der Waals surface area contributed by atoms with Crippen molar-refractivity contribution >= 4 is 35.0 Å². The molecule has 0 fully saturated rings. The van der Waals surface area contributed by atoms with E-state index in [1.807, 2.05) is 26.0 Å². The number of aromatic nitrogens is 2. The zero-order chi connectivity index (χ0) is 23.2. The van der Waals surface area contributed by atoms with Gasteiger partial charge in [0.2, 0.25) is 5.88 Å². The summed E-state index contributed by atoms with van der Waals surface area (Å²) < 4.78 is 0.910. The van der Waals surface area contributed by atoms with Crippen molar-refractivity contribution < 1.29 is 9.90 Å². The number of aromatic hydroxyl groups is 1. The number of amides is 1. The normalized spacial score (nSPS) is 14.9. The highest BCUT2D eigenvalue weighted by Crippen LogP contribution is 2.29. The Morgan fingerprint density at radius 1 is 1.06 bits per heavy atom. The van der Waals surface area contributed by atoms with E-state index in [1.54, 1.807) is 31.2 Å². The van der Waals surface area contributed by atoms with Crippen LogP contribution in [-0.2, 0) is 4.79 Å². The predicted octanol–water partition coefficient (Wildman–Crippen LogP) is 3.31. The highest BCUT2D eigenvalue weighted by atomic mass is 35.5. The Hall–Kier alpha value is -3.91. The first kappa shape index (κ1) is 21.3. The fourth-order valence-electron chi connectivity index (χ4n) is 3.56. The first-order valence-electron chi connectivity index (χ1n) is 9.70. The number of rotatable bonds is 3. The van der Waals surface area contributed by atoms with Gasteiger partial charge < -0.3 is 5.11 Å². The number of nitrogens with one attached hydrogen (secondary N) is 1. The molecule has 2 heterocycles. The topological polar surface area (TPSA) is 108 Å². The zero-order valence-electron chi connectivity index (χ0n) is 17.5. The molecule has 1 aromatic heterocycles. The second-order valence-corrected chi connectivity index (χ2v) is 7.90. The third-order valence-electron chi connectivity index (χ3n) is 5.12. The monoisotopic (exact) mass is 450 g/mol. The van der Waals surface area contributed by atoms with Gasteiger partial charge in [-0.1, -0.05) is 35.4 Å². The number of aryl methyl sites for hydroxylation is 2. The van der Waals surface area contributed by atoms with Gasteiger partial charge in [-0.2, -0.15) is 10.1 Å². The Labute approximate surface area is 187 Å². The minimum absolute atomic E-state index is 0.127. The van der Waals surface area contributed by atoms with Crippen LogP contribution in [0.15, 0.2) is 62.7 Å². The van der Waals surface area contributed by atoms with E-state index in [1.165, 1.54) is 17.2 Å². The number of benzene rings is 2. The van der Waals surface area contributed by atoms with Gasteiger partial charge in [-0.25, -0.2) is 9.36 Å². The average Bonchev–Trinajstić information content (AvgIpc) is 2.98. The molecule has 0 aliphatic carbocycles. The van der Waals surface area contributed by atoms with Crippen molar-refractivity contribution in [2.24, 2.45) is 5.10 Å². The Morgan fingerprint density at radius 3 is 2.50 bits per heavy atom. The molecule has 0 bridgehead atoms. The van der Waals surface area contributed by atoms with Crippen LogP contribution in [0.3, 0.4) is 0 Å². The molecule has 1 aliphatic rings. The van der Waals surface area contributed by atoms with Crippen LogP contribution in [0.1, 0.15) is 23.6 Å². The molecule has 0 radical (unpaired) electrons. The summed E-state index contributed by atoms with van der Waals surface area (Å²) in [5.41, 5.74) is 1.38. The van der Waals surface area contributed by atoms with Crippen LogP contribution in [0.25, 0.3) is 11.8 Å². The van der Waals surface area contributed by atoms with Crippen LogP contribution in [0, 0.1) is 13.8 Å². The summed E-state index contributed by atoms with van der Waals surface area (Å²) in [6.07, 6.45) is 1.24. The first-order chi connectivity index (χ1) is 15.2. The molecule has 9 heteroatoms. The highest BCUT2D eigenvalue weighted by Gasteiger charge is 2.30. The molecular formula is C23H19ClN4O4. The smallest absolute Gasteiger partial charge is 0.335 e. The number of hydrogen-bond donors (Lipinski definition) is 2. The lowest BCUT2D eigenvalue weighted by Gasteiger charge is -2.15. The van der Waals surface area contributed by atoms with Gasteiger partial charge in [0.15, 0.2) is 0 Å². The predicted molar refractivity (Wildman–Crippen MR) is 124 cm³/mol. The van der Waals surface area contributed by atoms with Crippen LogP contribution in [0.4, 0.5) is 5.69 Å². The van der Waals surface area contributed by atoms with E-state index >= 15 is 0 Å². The van der Waals surface area contributed by atoms with Gasteiger partial charge in [0.1, 0.15) is 5.56 Å². The third kappa shape index (κ3) is 3.65. The van der Waals surface area contributed by atoms with Crippen molar-refractivity contribution in [1.82, 2.24) is 9.55 Å². The SMILES string of the molecule is CC1=NN(c2ccc(C)cc2C)C(=O)/C1=C/c1c(O)n(-c2cccc(Cl)c2)c(=O)[nH]c1=O. The number of H-pyrrole nitrogens is 1. The van der Waals surface area contributed by atoms with Crippen LogP contribution < -0.4 is 16.3 Å². The molecule has 1 aliphatic heterocycles. The lowest BCUT2D eigenvalue weighted by molar-refractivity contribution is -0.114. The quantitative estimate of drug-likeness (QED) is 0.597. The van der Waals surface area contributed by atoms with E-state index in [0.717, 1.165) is 15.7 Å². The number of nitrogens with zero attached hydrogens (tertiary/aromatic N) is 3. The third-order valence-corrected chi connectivity index (χ3v) is 5.35. The molecule has 0 unspecified atom stereocenters. The molecule has 0 saturated heterocycles. The van der Waals surface area contributed by atoms with Gasteiger partial charge in [0, 0.05) is 5.02 Å². The van der Waals surface area contributed by atoms with Crippen molar-refractivity contribution in [1.29, 1.82) is 0 Å². The summed E-state index contributed by atoms with van der Waals surface area (Å²) in [6.45, 7) is 5.46. The average molecular weight is 451 g/mol. The largest absolute Gasteiger partial charge is 0.494 e. The van der Waals surface area contributed by atoms with Crippen molar-refractivity contribution in [3.05, 3.63) is 90.6 Å². The van der Waals surface area contributed by atoms with Crippen LogP contribution in [0.5, 0.6) is 5.88 Å². The number of hydrogen-bond acceptors (Lipinski definition) is 5. The van der Waals surface area contributed by atoms with Gasteiger partial charge in [0.25, 0.3) is 11.5 Å². The van der Waals surface area contributed by atoms with E-state index in [2.05, 4.69) is 10.1 Å². The molecular weight excluding hydrogens is 432 g/mol. The minimum Gasteiger partial charge on any atom is -0.494 e. The summed E-state index contributed by atoms with van der Waals surface area (Å²) in [4.78, 5) is 40.1. The van der Waals surface area contributed by atoms with Crippen molar-refractivity contribution in [2.75, 3.05) is 5.01 Å². The number of halogens is 1. The number of aromatic amines is 1. The maximum absolute atomic E-state index is 13.1. The molecule has 162 valence electrons. The van der Waals surface area contributed by atoms with Gasteiger partial charge in [0.05, 0.1) is 22.7 Å². The fraction of sp³-hybridized carbons (Fsp3) is 0.130. The Morgan fingerprint density at radius 2 is 1.81 bits per heavy atom. The highest BCUT2D eigenvalue weighted by molar-refractivity contribution is 6.32. The summed E-state index contributed by atoms with van der Waals surface area (Å²) in [7, 11) is 0. The van der Waals surface area contributed by atoms with E-state index < -0.39 is 23.0 Å². The minimum atomic E-state index is -0.836. The molecule has 0 saturated carbocycles. The van der Waals surface area contributed by atoms with Crippen molar-refractivity contribution in [2.45, 2.75) is 20.8 Å². The van der Waals surface area contributed by atoms with Crippen LogP contribution in [0.2, 0.25) is 5.02 Å². The van der Waals surface area contributed by atoms with Gasteiger partial charge in [-0.05, 0) is 56.7 Å².